The largest absolute Gasteiger partial charge is 0.0840 e. The molecule has 0 aliphatic heterocycles. The molecule has 0 unspecified atom stereocenters. The molecule has 0 saturated carbocycles. The van der Waals surface area contributed by atoms with Gasteiger partial charge in [0.25, 0.3) is 0 Å². The molecule has 0 heterocycles. The normalized spacial score (nSPS) is 10.4. The number of rotatable bonds is 4. The summed E-state index contributed by atoms with van der Waals surface area (Å²) in [5.74, 6) is 0. The lowest BCUT2D eigenvalue weighted by atomic mass is 10.1. The Kier molecular flexibility index (Phi) is 4.31. The number of benzene rings is 1. The van der Waals surface area contributed by atoms with Gasteiger partial charge < -0.3 is 0 Å². The second-order valence-electron chi connectivity index (χ2n) is 3.38. The number of aryl methyl sites for hydroxylation is 2. The van der Waals surface area contributed by atoms with E-state index in [0.29, 0.717) is 0 Å². The van der Waals surface area contributed by atoms with Crippen LogP contribution in [0.4, 0.5) is 0 Å². The van der Waals surface area contributed by atoms with Gasteiger partial charge in [-0.25, -0.2) is 0 Å². The SMILES string of the molecule is CCCCc1ccc(CC)c(Cl)c1. The molecule has 0 aliphatic rings. The van der Waals surface area contributed by atoms with Gasteiger partial charge in [0.1, 0.15) is 0 Å². The molecule has 13 heavy (non-hydrogen) atoms. The molecule has 72 valence electrons. The fourth-order valence-electron chi connectivity index (χ4n) is 1.41. The van der Waals surface area contributed by atoms with E-state index in [9.17, 15) is 0 Å². The minimum atomic E-state index is 0.927. The van der Waals surface area contributed by atoms with Gasteiger partial charge in [-0.05, 0) is 36.5 Å². The van der Waals surface area contributed by atoms with Crippen LogP contribution in [0.25, 0.3) is 0 Å². The summed E-state index contributed by atoms with van der Waals surface area (Å²) in [6.07, 6.45) is 4.67. The second kappa shape index (κ2) is 5.29. The molecule has 1 rings (SSSR count). The van der Waals surface area contributed by atoms with Crippen molar-refractivity contribution in [1.29, 1.82) is 0 Å². The van der Waals surface area contributed by atoms with Gasteiger partial charge in [-0.1, -0.05) is 44.0 Å². The van der Waals surface area contributed by atoms with Gasteiger partial charge in [-0.3, -0.25) is 0 Å². The Morgan fingerprint density at radius 2 is 2.00 bits per heavy atom. The Balaban J connectivity index is 2.71. The van der Waals surface area contributed by atoms with Crippen LogP contribution >= 0.6 is 11.6 Å². The molecule has 1 heteroatoms. The fourth-order valence-corrected chi connectivity index (χ4v) is 1.75. The number of hydrogen-bond donors (Lipinski definition) is 0. The molecule has 0 aliphatic carbocycles. The van der Waals surface area contributed by atoms with Gasteiger partial charge in [0.05, 0.1) is 0 Å². The summed E-state index contributed by atoms with van der Waals surface area (Å²) in [6, 6.07) is 6.45. The molecule has 0 atom stereocenters. The van der Waals surface area contributed by atoms with Gasteiger partial charge in [0.15, 0.2) is 0 Å². The maximum absolute atomic E-state index is 6.11. The Bertz CT molecular complexity index is 266. The first kappa shape index (κ1) is 10.6. The molecule has 0 saturated heterocycles. The third kappa shape index (κ3) is 3.04. The zero-order chi connectivity index (χ0) is 9.68. The Hall–Kier alpha value is -0.490. The molecule has 0 fully saturated rings. The van der Waals surface area contributed by atoms with Crippen molar-refractivity contribution in [3.63, 3.8) is 0 Å². The van der Waals surface area contributed by atoms with E-state index in [1.54, 1.807) is 0 Å². The molecule has 0 nitrogen and oxygen atoms in total. The summed E-state index contributed by atoms with van der Waals surface area (Å²) in [5.41, 5.74) is 2.62. The minimum absolute atomic E-state index is 0.927. The highest BCUT2D eigenvalue weighted by atomic mass is 35.5. The summed E-state index contributed by atoms with van der Waals surface area (Å²) in [6.45, 7) is 4.34. The summed E-state index contributed by atoms with van der Waals surface area (Å²) >= 11 is 6.11. The minimum Gasteiger partial charge on any atom is -0.0840 e. The highest BCUT2D eigenvalue weighted by molar-refractivity contribution is 6.31. The third-order valence-corrected chi connectivity index (χ3v) is 2.67. The van der Waals surface area contributed by atoms with Crippen LogP contribution in [0.2, 0.25) is 5.02 Å². The molecule has 0 aromatic heterocycles. The van der Waals surface area contributed by atoms with E-state index in [-0.39, 0.29) is 0 Å². The van der Waals surface area contributed by atoms with Crippen LogP contribution in [0, 0.1) is 0 Å². The molecular formula is C12H17Cl. The summed E-state index contributed by atoms with van der Waals surface area (Å²) < 4.78 is 0. The fraction of sp³-hybridized carbons (Fsp3) is 0.500. The zero-order valence-corrected chi connectivity index (χ0v) is 9.19. The van der Waals surface area contributed by atoms with Gasteiger partial charge in [0.2, 0.25) is 0 Å². The van der Waals surface area contributed by atoms with E-state index >= 15 is 0 Å². The standard InChI is InChI=1S/C12H17Cl/c1-3-5-6-10-7-8-11(4-2)12(13)9-10/h7-9H,3-6H2,1-2H3. The number of hydrogen-bond acceptors (Lipinski definition) is 0. The monoisotopic (exact) mass is 196 g/mol. The van der Waals surface area contributed by atoms with Crippen molar-refractivity contribution >= 4 is 11.6 Å². The van der Waals surface area contributed by atoms with Crippen LogP contribution in [-0.2, 0) is 12.8 Å². The van der Waals surface area contributed by atoms with Crippen LogP contribution in [0.1, 0.15) is 37.8 Å². The Labute approximate surface area is 85.9 Å². The average Bonchev–Trinajstić information content (AvgIpc) is 2.15. The first-order valence-corrected chi connectivity index (χ1v) is 5.43. The van der Waals surface area contributed by atoms with Gasteiger partial charge in [0, 0.05) is 5.02 Å². The van der Waals surface area contributed by atoms with Crippen molar-refractivity contribution in [2.45, 2.75) is 39.5 Å². The van der Waals surface area contributed by atoms with Crippen LogP contribution in [-0.4, -0.2) is 0 Å². The molecule has 0 amide bonds. The van der Waals surface area contributed by atoms with E-state index in [1.165, 1.54) is 24.0 Å². The van der Waals surface area contributed by atoms with Crippen LogP contribution in [0.5, 0.6) is 0 Å². The molecule has 0 spiro atoms. The molecule has 1 aromatic carbocycles. The highest BCUT2D eigenvalue weighted by Gasteiger charge is 1.99. The topological polar surface area (TPSA) is 0 Å². The van der Waals surface area contributed by atoms with Crippen molar-refractivity contribution in [2.75, 3.05) is 0 Å². The van der Waals surface area contributed by atoms with E-state index < -0.39 is 0 Å². The number of halogens is 1. The predicted octanol–water partition coefficient (Wildman–Crippen LogP) is 4.25. The van der Waals surface area contributed by atoms with Gasteiger partial charge in [-0.15, -0.1) is 0 Å². The lowest BCUT2D eigenvalue weighted by molar-refractivity contribution is 0.794. The van der Waals surface area contributed by atoms with E-state index in [1.807, 2.05) is 0 Å². The summed E-state index contributed by atoms with van der Waals surface area (Å²) in [5, 5.41) is 0.927. The van der Waals surface area contributed by atoms with Crippen LogP contribution in [0.3, 0.4) is 0 Å². The van der Waals surface area contributed by atoms with Crippen molar-refractivity contribution < 1.29 is 0 Å². The Morgan fingerprint density at radius 3 is 2.54 bits per heavy atom. The van der Waals surface area contributed by atoms with Crippen molar-refractivity contribution in [1.82, 2.24) is 0 Å². The van der Waals surface area contributed by atoms with Crippen LogP contribution in [0.15, 0.2) is 18.2 Å². The average molecular weight is 197 g/mol. The van der Waals surface area contributed by atoms with E-state index in [0.717, 1.165) is 17.9 Å². The van der Waals surface area contributed by atoms with E-state index in [4.69, 9.17) is 11.6 Å². The molecule has 1 aromatic rings. The first-order chi connectivity index (χ1) is 6.27. The van der Waals surface area contributed by atoms with Crippen molar-refractivity contribution in [2.24, 2.45) is 0 Å². The molecule has 0 radical (unpaired) electrons. The van der Waals surface area contributed by atoms with Crippen molar-refractivity contribution in [3.05, 3.63) is 34.3 Å². The lowest BCUT2D eigenvalue weighted by Crippen LogP contribution is -1.88. The Morgan fingerprint density at radius 1 is 1.23 bits per heavy atom. The first-order valence-electron chi connectivity index (χ1n) is 5.05. The van der Waals surface area contributed by atoms with Crippen molar-refractivity contribution in [3.8, 4) is 0 Å². The molecule has 0 N–H and O–H groups in total. The number of unbranched alkanes of at least 4 members (excludes halogenated alkanes) is 1. The van der Waals surface area contributed by atoms with Gasteiger partial charge in [-0.2, -0.15) is 0 Å². The highest BCUT2D eigenvalue weighted by Crippen LogP contribution is 2.19. The predicted molar refractivity (Wildman–Crippen MR) is 59.4 cm³/mol. The van der Waals surface area contributed by atoms with Crippen LogP contribution < -0.4 is 0 Å². The summed E-state index contributed by atoms with van der Waals surface area (Å²) in [4.78, 5) is 0. The summed E-state index contributed by atoms with van der Waals surface area (Å²) in [7, 11) is 0. The molecule has 0 bridgehead atoms. The third-order valence-electron chi connectivity index (χ3n) is 2.32. The van der Waals surface area contributed by atoms with Gasteiger partial charge >= 0.3 is 0 Å². The second-order valence-corrected chi connectivity index (χ2v) is 3.79. The maximum atomic E-state index is 6.11. The zero-order valence-electron chi connectivity index (χ0n) is 8.44. The smallest absolute Gasteiger partial charge is 0.0440 e. The quantitative estimate of drug-likeness (QED) is 0.676. The maximum Gasteiger partial charge on any atom is 0.0440 e. The van der Waals surface area contributed by atoms with E-state index in [2.05, 4.69) is 32.0 Å². The molecular weight excluding hydrogens is 180 g/mol. The lowest BCUT2D eigenvalue weighted by Gasteiger charge is -2.04.